The third kappa shape index (κ3) is 6.10. The van der Waals surface area contributed by atoms with Crippen molar-refractivity contribution in [2.75, 3.05) is 23.7 Å². The molecule has 148 valence electrons. The maximum absolute atomic E-state index is 12.9. The van der Waals surface area contributed by atoms with Crippen molar-refractivity contribution in [1.29, 1.82) is 0 Å². The number of alkyl halides is 2. The predicted molar refractivity (Wildman–Crippen MR) is 107 cm³/mol. The predicted octanol–water partition coefficient (Wildman–Crippen LogP) is 3.89. The maximum Gasteiger partial charge on any atom is 0.435 e. The molecule has 1 aromatic rings. The Kier molecular flexibility index (Phi) is 9.19. The van der Waals surface area contributed by atoms with E-state index in [1.165, 1.54) is 6.20 Å². The van der Waals surface area contributed by atoms with Crippen molar-refractivity contribution in [3.05, 3.63) is 22.0 Å². The lowest BCUT2D eigenvalue weighted by Crippen LogP contribution is -2.27. The standard InChI is InChI=1S/C14H24Br2N5O4P/c15-6-8-18-26(24,19-9-7-16)25-11-13-10-17-14(21(22)23)20(13)12-4-2-1-3-5-12/h10,12H,1-9,11H2,(H2,18,19,24). The molecule has 26 heavy (non-hydrogen) atoms. The van der Waals surface area contributed by atoms with E-state index in [0.717, 1.165) is 32.1 Å². The molecular formula is C14H24Br2N5O4P. The van der Waals surface area contributed by atoms with E-state index in [9.17, 15) is 14.7 Å². The van der Waals surface area contributed by atoms with E-state index < -0.39 is 12.6 Å². The van der Waals surface area contributed by atoms with Crippen LogP contribution in [0.2, 0.25) is 0 Å². The molecular weight excluding hydrogens is 493 g/mol. The average molecular weight is 517 g/mol. The van der Waals surface area contributed by atoms with Crippen LogP contribution < -0.4 is 10.2 Å². The molecule has 0 spiro atoms. The van der Waals surface area contributed by atoms with Crippen LogP contribution >= 0.6 is 39.5 Å². The normalized spacial score (nSPS) is 16.1. The summed E-state index contributed by atoms with van der Waals surface area (Å²) in [5.41, 5.74) is 0.574. The number of aromatic nitrogens is 2. The molecule has 0 radical (unpaired) electrons. The molecule has 12 heteroatoms. The van der Waals surface area contributed by atoms with Crippen molar-refractivity contribution in [3.8, 4) is 0 Å². The van der Waals surface area contributed by atoms with Crippen LogP contribution in [0.5, 0.6) is 0 Å². The van der Waals surface area contributed by atoms with Gasteiger partial charge < -0.3 is 10.1 Å². The molecule has 1 fully saturated rings. The molecule has 0 saturated heterocycles. The molecule has 1 aliphatic carbocycles. The van der Waals surface area contributed by atoms with Crippen molar-refractivity contribution in [2.24, 2.45) is 0 Å². The second-order valence-electron chi connectivity index (χ2n) is 5.99. The summed E-state index contributed by atoms with van der Waals surface area (Å²) in [5.74, 6) is -0.174. The van der Waals surface area contributed by atoms with E-state index in [1.807, 2.05) is 0 Å². The monoisotopic (exact) mass is 515 g/mol. The van der Waals surface area contributed by atoms with Gasteiger partial charge in [-0.2, -0.15) is 0 Å². The van der Waals surface area contributed by atoms with E-state index in [0.29, 0.717) is 29.4 Å². The van der Waals surface area contributed by atoms with Crippen molar-refractivity contribution in [3.63, 3.8) is 0 Å². The summed E-state index contributed by atoms with van der Waals surface area (Å²) >= 11 is 6.57. The number of halogens is 2. The summed E-state index contributed by atoms with van der Waals surface area (Å²) in [6.07, 6.45) is 6.44. The number of rotatable bonds is 11. The highest BCUT2D eigenvalue weighted by atomic mass is 79.9. The van der Waals surface area contributed by atoms with E-state index in [2.05, 4.69) is 47.0 Å². The van der Waals surface area contributed by atoms with Crippen molar-refractivity contribution < 1.29 is 14.0 Å². The minimum Gasteiger partial charge on any atom is -0.390 e. The Morgan fingerprint density at radius 3 is 2.42 bits per heavy atom. The fourth-order valence-corrected chi connectivity index (χ4v) is 5.48. The Balaban J connectivity index is 2.16. The van der Waals surface area contributed by atoms with Crippen LogP contribution in [0, 0.1) is 10.1 Å². The van der Waals surface area contributed by atoms with Gasteiger partial charge in [0.1, 0.15) is 18.5 Å². The van der Waals surface area contributed by atoms with Crippen LogP contribution in [-0.4, -0.2) is 38.2 Å². The van der Waals surface area contributed by atoms with Crippen molar-refractivity contribution >= 4 is 45.5 Å². The van der Waals surface area contributed by atoms with Crippen LogP contribution in [0.15, 0.2) is 6.20 Å². The molecule has 0 atom stereocenters. The molecule has 2 N–H and O–H groups in total. The minimum absolute atomic E-state index is 0.0147. The molecule has 0 aromatic carbocycles. The Morgan fingerprint density at radius 2 is 1.88 bits per heavy atom. The Labute approximate surface area is 169 Å². The summed E-state index contributed by atoms with van der Waals surface area (Å²) in [6, 6.07) is 0.0376. The number of hydrogen-bond donors (Lipinski definition) is 2. The van der Waals surface area contributed by atoms with Gasteiger partial charge in [0.05, 0.1) is 6.04 Å². The summed E-state index contributed by atoms with van der Waals surface area (Å²) in [4.78, 5) is 14.8. The van der Waals surface area contributed by atoms with Gasteiger partial charge in [0.15, 0.2) is 0 Å². The molecule has 1 aliphatic rings. The highest BCUT2D eigenvalue weighted by Crippen LogP contribution is 2.39. The van der Waals surface area contributed by atoms with E-state index >= 15 is 0 Å². The first-order chi connectivity index (χ1) is 12.5. The SMILES string of the molecule is O=[N+]([O-])c1ncc(COP(=O)(NCCBr)NCCBr)n1C1CCCCC1. The molecule has 0 aliphatic heterocycles. The lowest BCUT2D eigenvalue weighted by molar-refractivity contribution is -0.397. The van der Waals surface area contributed by atoms with Gasteiger partial charge in [-0.05, 0) is 30.6 Å². The maximum atomic E-state index is 12.9. The lowest BCUT2D eigenvalue weighted by Gasteiger charge is -2.23. The van der Waals surface area contributed by atoms with E-state index in [-0.39, 0.29) is 18.6 Å². The summed E-state index contributed by atoms with van der Waals surface area (Å²) in [6.45, 7) is 0.919. The number of nitrogens with zero attached hydrogens (tertiary/aromatic N) is 3. The zero-order valence-electron chi connectivity index (χ0n) is 14.4. The Bertz CT molecular complexity index is 627. The molecule has 1 aromatic heterocycles. The largest absolute Gasteiger partial charge is 0.435 e. The Morgan fingerprint density at radius 1 is 1.27 bits per heavy atom. The highest BCUT2D eigenvalue weighted by Gasteiger charge is 2.31. The lowest BCUT2D eigenvalue weighted by atomic mass is 9.95. The van der Waals surface area contributed by atoms with Crippen LogP contribution in [-0.2, 0) is 15.7 Å². The average Bonchev–Trinajstić information content (AvgIpc) is 3.08. The van der Waals surface area contributed by atoms with Gasteiger partial charge in [-0.3, -0.25) is 9.09 Å². The first-order valence-electron chi connectivity index (χ1n) is 8.58. The number of hydrogen-bond acceptors (Lipinski definition) is 5. The van der Waals surface area contributed by atoms with Gasteiger partial charge in [-0.15, -0.1) is 0 Å². The first kappa shape index (κ1) is 22.0. The third-order valence-corrected chi connectivity index (χ3v) is 6.75. The first-order valence-corrected chi connectivity index (χ1v) is 12.4. The van der Waals surface area contributed by atoms with Crippen LogP contribution in [0.4, 0.5) is 5.95 Å². The van der Waals surface area contributed by atoms with Crippen LogP contribution in [0.1, 0.15) is 43.8 Å². The molecule has 0 unspecified atom stereocenters. The fourth-order valence-electron chi connectivity index (χ4n) is 3.05. The summed E-state index contributed by atoms with van der Waals surface area (Å²) in [7, 11) is -3.26. The fraction of sp³-hybridized carbons (Fsp3) is 0.786. The van der Waals surface area contributed by atoms with E-state index in [4.69, 9.17) is 4.52 Å². The molecule has 0 bridgehead atoms. The molecule has 2 rings (SSSR count). The molecule has 1 saturated carbocycles. The van der Waals surface area contributed by atoms with Gasteiger partial charge >= 0.3 is 13.6 Å². The third-order valence-electron chi connectivity index (χ3n) is 4.18. The number of nitrogens with one attached hydrogen (secondary N) is 2. The minimum atomic E-state index is -3.26. The smallest absolute Gasteiger partial charge is 0.390 e. The number of imidazole rings is 1. The van der Waals surface area contributed by atoms with Gasteiger partial charge in [0, 0.05) is 23.7 Å². The van der Waals surface area contributed by atoms with Gasteiger partial charge in [-0.25, -0.2) is 14.7 Å². The van der Waals surface area contributed by atoms with Gasteiger partial charge in [0.2, 0.25) is 0 Å². The second kappa shape index (κ2) is 10.9. The van der Waals surface area contributed by atoms with Crippen molar-refractivity contribution in [1.82, 2.24) is 19.7 Å². The zero-order chi connectivity index (χ0) is 19.0. The van der Waals surface area contributed by atoms with E-state index in [1.54, 1.807) is 4.57 Å². The number of nitro groups is 1. The highest BCUT2D eigenvalue weighted by molar-refractivity contribution is 9.09. The quantitative estimate of drug-likeness (QED) is 0.198. The van der Waals surface area contributed by atoms with Gasteiger partial charge in [0.25, 0.3) is 0 Å². The molecule has 1 heterocycles. The van der Waals surface area contributed by atoms with Crippen LogP contribution in [0.25, 0.3) is 0 Å². The zero-order valence-corrected chi connectivity index (χ0v) is 18.5. The topological polar surface area (TPSA) is 111 Å². The van der Waals surface area contributed by atoms with Gasteiger partial charge in [-0.1, -0.05) is 43.3 Å². The van der Waals surface area contributed by atoms with Crippen LogP contribution in [0.3, 0.4) is 0 Å². The van der Waals surface area contributed by atoms with Crippen molar-refractivity contribution in [2.45, 2.75) is 44.8 Å². The molecule has 9 nitrogen and oxygen atoms in total. The molecule has 0 amide bonds. The summed E-state index contributed by atoms with van der Waals surface area (Å²) in [5, 5.41) is 18.3. The second-order valence-corrected chi connectivity index (χ2v) is 9.57. The summed E-state index contributed by atoms with van der Waals surface area (Å²) < 4.78 is 20.2. The Hall–Kier alpha value is -0.320.